The molecule has 2 aromatic rings. The van der Waals surface area contributed by atoms with Gasteiger partial charge in [-0.15, -0.1) is 0 Å². The van der Waals surface area contributed by atoms with Crippen LogP contribution >= 0.6 is 15.9 Å². The summed E-state index contributed by atoms with van der Waals surface area (Å²) in [4.78, 5) is 11.7. The molecule has 0 radical (unpaired) electrons. The van der Waals surface area contributed by atoms with E-state index in [4.69, 9.17) is 0 Å². The second-order valence-electron chi connectivity index (χ2n) is 4.45. The molecular weight excluding hydrogens is 359 g/mol. The van der Waals surface area contributed by atoms with Crippen molar-refractivity contribution in [2.75, 3.05) is 5.32 Å². The van der Waals surface area contributed by atoms with Gasteiger partial charge in [-0.25, -0.2) is 0 Å². The van der Waals surface area contributed by atoms with Crippen molar-refractivity contribution in [1.29, 1.82) is 0 Å². The van der Waals surface area contributed by atoms with E-state index in [2.05, 4.69) is 21.2 Å². The molecule has 6 heteroatoms. The topological polar surface area (TPSA) is 29.1 Å². The minimum atomic E-state index is -4.40. The highest BCUT2D eigenvalue weighted by Crippen LogP contribution is 2.29. The molecule has 0 unspecified atom stereocenters. The highest BCUT2D eigenvalue weighted by atomic mass is 79.9. The average Bonchev–Trinajstić information content (AvgIpc) is 2.47. The maximum Gasteiger partial charge on any atom is 0.416 e. The first-order chi connectivity index (χ1) is 10.3. The SMILES string of the molecule is O=C(C=Cc1cccc(C(F)(F)F)c1)Nc1ccc(Br)cc1. The molecule has 1 amide bonds. The van der Waals surface area contributed by atoms with Gasteiger partial charge in [-0.05, 0) is 48.0 Å². The monoisotopic (exact) mass is 369 g/mol. The highest BCUT2D eigenvalue weighted by Gasteiger charge is 2.30. The number of alkyl halides is 3. The van der Waals surface area contributed by atoms with Crippen LogP contribution in [0.3, 0.4) is 0 Å². The average molecular weight is 370 g/mol. The maximum atomic E-state index is 12.6. The largest absolute Gasteiger partial charge is 0.416 e. The van der Waals surface area contributed by atoms with E-state index in [0.29, 0.717) is 11.3 Å². The summed E-state index contributed by atoms with van der Waals surface area (Å²) in [6.07, 6.45) is -1.87. The van der Waals surface area contributed by atoms with Crippen LogP contribution in [0.2, 0.25) is 0 Å². The Labute approximate surface area is 133 Å². The third kappa shape index (κ3) is 4.73. The summed E-state index contributed by atoms with van der Waals surface area (Å²) < 4.78 is 38.6. The summed E-state index contributed by atoms with van der Waals surface area (Å²) in [6, 6.07) is 11.7. The second kappa shape index (κ2) is 6.79. The van der Waals surface area contributed by atoms with E-state index in [1.165, 1.54) is 24.3 Å². The lowest BCUT2D eigenvalue weighted by Crippen LogP contribution is -2.07. The predicted molar refractivity (Wildman–Crippen MR) is 83.2 cm³/mol. The van der Waals surface area contributed by atoms with Gasteiger partial charge >= 0.3 is 6.18 Å². The van der Waals surface area contributed by atoms with Gasteiger partial charge in [0.15, 0.2) is 0 Å². The number of rotatable bonds is 3. The van der Waals surface area contributed by atoms with Gasteiger partial charge in [0.2, 0.25) is 5.91 Å². The lowest BCUT2D eigenvalue weighted by Gasteiger charge is -2.06. The van der Waals surface area contributed by atoms with Crippen LogP contribution in [-0.2, 0) is 11.0 Å². The van der Waals surface area contributed by atoms with Crippen LogP contribution in [0.1, 0.15) is 11.1 Å². The fourth-order valence-corrected chi connectivity index (χ4v) is 1.97. The zero-order chi connectivity index (χ0) is 16.2. The maximum absolute atomic E-state index is 12.6. The molecule has 0 aromatic heterocycles. The molecule has 2 aromatic carbocycles. The van der Waals surface area contributed by atoms with Crippen LogP contribution in [0.25, 0.3) is 6.08 Å². The van der Waals surface area contributed by atoms with Crippen molar-refractivity contribution in [3.05, 3.63) is 70.2 Å². The first-order valence-corrected chi connectivity index (χ1v) is 7.06. The first-order valence-electron chi connectivity index (χ1n) is 6.26. The minimum absolute atomic E-state index is 0.306. The summed E-state index contributed by atoms with van der Waals surface area (Å²) >= 11 is 3.28. The standard InChI is InChI=1S/C16H11BrF3NO/c17-13-5-7-14(8-6-13)21-15(22)9-4-11-2-1-3-12(10-11)16(18,19)20/h1-10H,(H,21,22). The number of nitrogens with one attached hydrogen (secondary N) is 1. The number of hydrogen-bond acceptors (Lipinski definition) is 1. The Bertz CT molecular complexity index is 693. The van der Waals surface area contributed by atoms with Crippen molar-refractivity contribution < 1.29 is 18.0 Å². The van der Waals surface area contributed by atoms with Crippen molar-refractivity contribution in [2.24, 2.45) is 0 Å². The van der Waals surface area contributed by atoms with E-state index >= 15 is 0 Å². The third-order valence-electron chi connectivity index (χ3n) is 2.75. The van der Waals surface area contributed by atoms with Crippen LogP contribution in [-0.4, -0.2) is 5.91 Å². The molecule has 0 aliphatic heterocycles. The molecule has 0 heterocycles. The molecule has 0 saturated carbocycles. The molecule has 114 valence electrons. The Morgan fingerprint density at radius 2 is 1.77 bits per heavy atom. The lowest BCUT2D eigenvalue weighted by atomic mass is 10.1. The molecule has 0 spiro atoms. The number of halogens is 4. The Hall–Kier alpha value is -2.08. The zero-order valence-corrected chi connectivity index (χ0v) is 12.8. The van der Waals surface area contributed by atoms with Gasteiger partial charge in [0.25, 0.3) is 0 Å². The predicted octanol–water partition coefficient (Wildman–Crippen LogP) is 5.12. The Morgan fingerprint density at radius 1 is 1.09 bits per heavy atom. The summed E-state index contributed by atoms with van der Waals surface area (Å²) in [5.41, 5.74) is 0.158. The summed E-state index contributed by atoms with van der Waals surface area (Å²) in [5, 5.41) is 2.62. The molecule has 0 bridgehead atoms. The van der Waals surface area contributed by atoms with Crippen molar-refractivity contribution in [1.82, 2.24) is 0 Å². The van der Waals surface area contributed by atoms with Gasteiger partial charge in [0.05, 0.1) is 5.56 Å². The molecule has 0 atom stereocenters. The first kappa shape index (κ1) is 16.3. The number of anilines is 1. The Balaban J connectivity index is 2.05. The van der Waals surface area contributed by atoms with Crippen LogP contribution in [0, 0.1) is 0 Å². The van der Waals surface area contributed by atoms with Crippen molar-refractivity contribution in [3.8, 4) is 0 Å². The van der Waals surface area contributed by atoms with Crippen molar-refractivity contribution >= 4 is 33.6 Å². The van der Waals surface area contributed by atoms with Gasteiger partial charge in [-0.1, -0.05) is 28.1 Å². The van der Waals surface area contributed by atoms with Crippen LogP contribution < -0.4 is 5.32 Å². The minimum Gasteiger partial charge on any atom is -0.323 e. The van der Waals surface area contributed by atoms with Crippen LogP contribution in [0.4, 0.5) is 18.9 Å². The smallest absolute Gasteiger partial charge is 0.323 e. The molecule has 0 saturated heterocycles. The van der Waals surface area contributed by atoms with Gasteiger partial charge in [0, 0.05) is 16.2 Å². The normalized spacial score (nSPS) is 11.6. The lowest BCUT2D eigenvalue weighted by molar-refractivity contribution is -0.137. The number of benzene rings is 2. The van der Waals surface area contributed by atoms with Crippen molar-refractivity contribution in [2.45, 2.75) is 6.18 Å². The Kier molecular flexibility index (Phi) is 5.03. The fourth-order valence-electron chi connectivity index (χ4n) is 1.71. The van der Waals surface area contributed by atoms with Gasteiger partial charge in [0.1, 0.15) is 0 Å². The summed E-state index contributed by atoms with van der Waals surface area (Å²) in [6.45, 7) is 0. The van der Waals surface area contributed by atoms with E-state index < -0.39 is 17.6 Å². The van der Waals surface area contributed by atoms with Crippen LogP contribution in [0.15, 0.2) is 59.1 Å². The highest BCUT2D eigenvalue weighted by molar-refractivity contribution is 9.10. The van der Waals surface area contributed by atoms with E-state index in [1.54, 1.807) is 24.3 Å². The molecule has 0 aliphatic carbocycles. The van der Waals surface area contributed by atoms with Crippen molar-refractivity contribution in [3.63, 3.8) is 0 Å². The quantitative estimate of drug-likeness (QED) is 0.747. The molecular formula is C16H11BrF3NO. The number of carbonyl (C=O) groups excluding carboxylic acids is 1. The number of hydrogen-bond donors (Lipinski definition) is 1. The number of amides is 1. The van der Waals surface area contributed by atoms with E-state index in [9.17, 15) is 18.0 Å². The molecule has 2 nitrogen and oxygen atoms in total. The Morgan fingerprint density at radius 3 is 2.41 bits per heavy atom. The molecule has 22 heavy (non-hydrogen) atoms. The number of carbonyl (C=O) groups is 1. The molecule has 2 rings (SSSR count). The molecule has 0 fully saturated rings. The zero-order valence-electron chi connectivity index (χ0n) is 11.2. The van der Waals surface area contributed by atoms with Crippen LogP contribution in [0.5, 0.6) is 0 Å². The summed E-state index contributed by atoms with van der Waals surface area (Å²) in [7, 11) is 0. The van der Waals surface area contributed by atoms with E-state index in [1.807, 2.05) is 0 Å². The van der Waals surface area contributed by atoms with Gasteiger partial charge in [-0.2, -0.15) is 13.2 Å². The van der Waals surface area contributed by atoms with E-state index in [0.717, 1.165) is 16.6 Å². The van der Waals surface area contributed by atoms with Gasteiger partial charge in [-0.3, -0.25) is 4.79 Å². The fraction of sp³-hybridized carbons (Fsp3) is 0.0625. The summed E-state index contributed by atoms with van der Waals surface area (Å²) in [5.74, 6) is -0.417. The van der Waals surface area contributed by atoms with Gasteiger partial charge < -0.3 is 5.32 Å². The molecule has 1 N–H and O–H groups in total. The second-order valence-corrected chi connectivity index (χ2v) is 5.37. The van der Waals surface area contributed by atoms with E-state index in [-0.39, 0.29) is 0 Å². The third-order valence-corrected chi connectivity index (χ3v) is 3.28. The molecule has 0 aliphatic rings.